The molecule has 3 nitrogen and oxygen atoms in total. The van der Waals surface area contributed by atoms with E-state index >= 15 is 0 Å². The second kappa shape index (κ2) is 5.53. The highest BCUT2D eigenvalue weighted by molar-refractivity contribution is 6.65. The first-order valence-corrected chi connectivity index (χ1v) is 6.59. The van der Waals surface area contributed by atoms with Crippen LogP contribution >= 0.6 is 11.6 Å². The van der Waals surface area contributed by atoms with Gasteiger partial charge in [0.15, 0.2) is 0 Å². The summed E-state index contributed by atoms with van der Waals surface area (Å²) >= 11 is 5.69. The lowest BCUT2D eigenvalue weighted by molar-refractivity contribution is -0.118. The van der Waals surface area contributed by atoms with Crippen molar-refractivity contribution in [1.82, 2.24) is 5.32 Å². The van der Waals surface area contributed by atoms with Crippen LogP contribution in [-0.4, -0.2) is 16.7 Å². The summed E-state index contributed by atoms with van der Waals surface area (Å²) in [4.78, 5) is 23.7. The summed E-state index contributed by atoms with van der Waals surface area (Å²) in [6.45, 7) is 0. The van der Waals surface area contributed by atoms with Gasteiger partial charge in [-0.3, -0.25) is 9.59 Å². The fraction of sp³-hybridized carbons (Fsp3) is 0.429. The van der Waals surface area contributed by atoms with Crippen LogP contribution in [0.15, 0.2) is 30.3 Å². The van der Waals surface area contributed by atoms with Crippen molar-refractivity contribution in [3.05, 3.63) is 35.9 Å². The van der Waals surface area contributed by atoms with E-state index in [9.17, 15) is 9.59 Å². The zero-order valence-electron chi connectivity index (χ0n) is 10.1. The van der Waals surface area contributed by atoms with Crippen LogP contribution < -0.4 is 5.32 Å². The summed E-state index contributed by atoms with van der Waals surface area (Å²) in [6, 6.07) is 8.89. The van der Waals surface area contributed by atoms with Crippen molar-refractivity contribution >= 4 is 22.8 Å². The van der Waals surface area contributed by atoms with Crippen LogP contribution in [0.5, 0.6) is 0 Å². The molecule has 0 aliphatic heterocycles. The van der Waals surface area contributed by atoms with Gasteiger partial charge >= 0.3 is 0 Å². The van der Waals surface area contributed by atoms with E-state index in [1.807, 2.05) is 6.07 Å². The number of amides is 1. The third kappa shape index (κ3) is 2.72. The number of hydrogen-bond acceptors (Lipinski definition) is 2. The van der Waals surface area contributed by atoms with Gasteiger partial charge in [0, 0.05) is 5.56 Å². The van der Waals surface area contributed by atoms with Crippen LogP contribution in [0.3, 0.4) is 0 Å². The topological polar surface area (TPSA) is 46.2 Å². The van der Waals surface area contributed by atoms with Gasteiger partial charge in [0.2, 0.25) is 5.24 Å². The molecule has 2 rings (SSSR count). The van der Waals surface area contributed by atoms with E-state index in [2.05, 4.69) is 5.32 Å². The minimum Gasteiger partial charge on any atom is -0.338 e. The molecular formula is C14H16ClNO2. The van der Waals surface area contributed by atoms with Crippen molar-refractivity contribution in [3.63, 3.8) is 0 Å². The van der Waals surface area contributed by atoms with Crippen LogP contribution in [0.4, 0.5) is 0 Å². The Morgan fingerprint density at radius 1 is 1.06 bits per heavy atom. The Morgan fingerprint density at radius 2 is 1.67 bits per heavy atom. The zero-order valence-corrected chi connectivity index (χ0v) is 10.9. The van der Waals surface area contributed by atoms with Gasteiger partial charge in [0.1, 0.15) is 5.54 Å². The number of benzene rings is 1. The molecule has 1 fully saturated rings. The molecule has 1 aliphatic rings. The predicted molar refractivity (Wildman–Crippen MR) is 70.6 cm³/mol. The van der Waals surface area contributed by atoms with Gasteiger partial charge in [-0.05, 0) is 36.6 Å². The second-order valence-electron chi connectivity index (χ2n) is 4.74. The summed E-state index contributed by atoms with van der Waals surface area (Å²) in [6.07, 6.45) is 4.20. The Kier molecular flexibility index (Phi) is 4.02. The van der Waals surface area contributed by atoms with Gasteiger partial charge in [-0.25, -0.2) is 0 Å². The Morgan fingerprint density at radius 3 is 2.22 bits per heavy atom. The number of nitrogens with one attached hydrogen (secondary N) is 1. The first kappa shape index (κ1) is 13.1. The molecular weight excluding hydrogens is 250 g/mol. The van der Waals surface area contributed by atoms with Crippen molar-refractivity contribution in [3.8, 4) is 0 Å². The maximum atomic E-state index is 12.1. The smallest absolute Gasteiger partial charge is 0.252 e. The zero-order chi connectivity index (χ0) is 13.0. The highest BCUT2D eigenvalue weighted by atomic mass is 35.5. The third-order valence-electron chi connectivity index (χ3n) is 3.47. The number of carbonyl (C=O) groups is 2. The second-order valence-corrected chi connectivity index (χ2v) is 5.08. The molecule has 0 heterocycles. The molecule has 1 saturated carbocycles. The quantitative estimate of drug-likeness (QED) is 0.854. The summed E-state index contributed by atoms with van der Waals surface area (Å²) in [7, 11) is 0. The Balaban J connectivity index is 2.15. The molecule has 0 unspecified atom stereocenters. The van der Waals surface area contributed by atoms with Gasteiger partial charge in [-0.2, -0.15) is 0 Å². The van der Waals surface area contributed by atoms with Gasteiger partial charge in [-0.15, -0.1) is 0 Å². The van der Waals surface area contributed by atoms with Crippen molar-refractivity contribution in [2.24, 2.45) is 0 Å². The molecule has 1 aromatic rings. The molecule has 4 heteroatoms. The molecule has 0 saturated heterocycles. The number of rotatable bonds is 3. The summed E-state index contributed by atoms with van der Waals surface area (Å²) in [5.74, 6) is -0.230. The van der Waals surface area contributed by atoms with Gasteiger partial charge in [0.25, 0.3) is 5.91 Å². The van der Waals surface area contributed by atoms with E-state index in [-0.39, 0.29) is 5.91 Å². The van der Waals surface area contributed by atoms with Crippen LogP contribution in [0.1, 0.15) is 42.5 Å². The predicted octanol–water partition coefficient (Wildman–Crippen LogP) is 2.88. The fourth-order valence-corrected chi connectivity index (χ4v) is 2.64. The molecule has 1 aromatic carbocycles. The van der Waals surface area contributed by atoms with E-state index in [0.717, 1.165) is 19.3 Å². The molecule has 0 radical (unpaired) electrons. The monoisotopic (exact) mass is 265 g/mol. The van der Waals surface area contributed by atoms with Crippen LogP contribution in [0.2, 0.25) is 0 Å². The average Bonchev–Trinajstić information content (AvgIpc) is 2.40. The Labute approximate surface area is 112 Å². The summed E-state index contributed by atoms with van der Waals surface area (Å²) in [5.41, 5.74) is -0.312. The molecule has 96 valence electrons. The molecule has 0 spiro atoms. The first-order chi connectivity index (χ1) is 8.64. The Bertz CT molecular complexity index is 438. The molecule has 1 aliphatic carbocycles. The van der Waals surface area contributed by atoms with Crippen molar-refractivity contribution in [1.29, 1.82) is 0 Å². The minimum atomic E-state index is -0.868. The highest BCUT2D eigenvalue weighted by Gasteiger charge is 2.39. The SMILES string of the molecule is O=C(NC1(C(=O)Cl)CCCCC1)c1ccccc1. The standard InChI is InChI=1S/C14H16ClNO2/c15-13(18)14(9-5-2-6-10-14)16-12(17)11-7-3-1-4-8-11/h1,3-4,7-8H,2,5-6,9-10H2,(H,16,17). The molecule has 18 heavy (non-hydrogen) atoms. The average molecular weight is 266 g/mol. The van der Waals surface area contributed by atoms with Gasteiger partial charge in [0.05, 0.1) is 0 Å². The van der Waals surface area contributed by atoms with E-state index in [1.165, 1.54) is 0 Å². The summed E-state index contributed by atoms with van der Waals surface area (Å²) in [5, 5.41) is 2.38. The summed E-state index contributed by atoms with van der Waals surface area (Å²) < 4.78 is 0. The van der Waals surface area contributed by atoms with Crippen molar-refractivity contribution in [2.75, 3.05) is 0 Å². The van der Waals surface area contributed by atoms with Crippen molar-refractivity contribution < 1.29 is 9.59 Å². The maximum Gasteiger partial charge on any atom is 0.252 e. The number of hydrogen-bond donors (Lipinski definition) is 1. The molecule has 1 amide bonds. The molecule has 1 N–H and O–H groups in total. The lowest BCUT2D eigenvalue weighted by atomic mass is 9.82. The van der Waals surface area contributed by atoms with E-state index in [0.29, 0.717) is 18.4 Å². The van der Waals surface area contributed by atoms with Crippen molar-refractivity contribution in [2.45, 2.75) is 37.6 Å². The fourth-order valence-electron chi connectivity index (χ4n) is 2.41. The third-order valence-corrected chi connectivity index (χ3v) is 3.83. The lowest BCUT2D eigenvalue weighted by Gasteiger charge is -2.34. The lowest BCUT2D eigenvalue weighted by Crippen LogP contribution is -2.54. The van der Waals surface area contributed by atoms with Crippen LogP contribution in [-0.2, 0) is 4.79 Å². The minimum absolute atomic E-state index is 0.230. The van der Waals surface area contributed by atoms with Crippen LogP contribution in [0, 0.1) is 0 Å². The van der Waals surface area contributed by atoms with Gasteiger partial charge < -0.3 is 5.32 Å². The first-order valence-electron chi connectivity index (χ1n) is 6.22. The maximum absolute atomic E-state index is 12.1. The van der Waals surface area contributed by atoms with Gasteiger partial charge in [-0.1, -0.05) is 37.5 Å². The largest absolute Gasteiger partial charge is 0.338 e. The molecule has 0 atom stereocenters. The number of halogens is 1. The Hall–Kier alpha value is -1.35. The van der Waals surface area contributed by atoms with E-state index in [4.69, 9.17) is 11.6 Å². The van der Waals surface area contributed by atoms with E-state index < -0.39 is 10.8 Å². The van der Waals surface area contributed by atoms with Crippen LogP contribution in [0.25, 0.3) is 0 Å². The van der Waals surface area contributed by atoms with E-state index in [1.54, 1.807) is 24.3 Å². The normalized spacial score (nSPS) is 18.1. The highest BCUT2D eigenvalue weighted by Crippen LogP contribution is 2.30. The molecule has 0 aromatic heterocycles. The number of carbonyl (C=O) groups excluding carboxylic acids is 2. The molecule has 0 bridgehead atoms.